The summed E-state index contributed by atoms with van der Waals surface area (Å²) in [5, 5.41) is 2.91. The van der Waals surface area contributed by atoms with E-state index in [9.17, 15) is 9.18 Å². The van der Waals surface area contributed by atoms with Gasteiger partial charge in [-0.1, -0.05) is 0 Å². The second-order valence-corrected chi connectivity index (χ2v) is 6.40. The number of amides is 1. The molecule has 1 saturated carbocycles. The van der Waals surface area contributed by atoms with Crippen molar-refractivity contribution in [3.8, 4) is 0 Å². The van der Waals surface area contributed by atoms with Gasteiger partial charge < -0.3 is 10.2 Å². The van der Waals surface area contributed by atoms with E-state index in [2.05, 4.69) is 15.3 Å². The summed E-state index contributed by atoms with van der Waals surface area (Å²) >= 11 is 0. The van der Waals surface area contributed by atoms with E-state index in [-0.39, 0.29) is 11.6 Å². The van der Waals surface area contributed by atoms with Gasteiger partial charge in [0.05, 0.1) is 11.6 Å². The van der Waals surface area contributed by atoms with Crippen LogP contribution in [0.5, 0.6) is 0 Å². The first kappa shape index (κ1) is 16.4. The standard InChI is InChI=1S/C18H21FN4O/c1-11-8-9-20-17(21-11)16(12-4-5-12)22-18(24)14-7-6-13(23(2)3)10-15(14)19/h6-10,12,16H,4-5H2,1-3H3,(H,22,24)/t16-/m1/s1. The first-order chi connectivity index (χ1) is 11.5. The van der Waals surface area contributed by atoms with Crippen LogP contribution in [0.1, 0.15) is 40.8 Å². The van der Waals surface area contributed by atoms with Gasteiger partial charge in [0.15, 0.2) is 5.82 Å². The number of rotatable bonds is 5. The Morgan fingerprint density at radius 3 is 2.67 bits per heavy atom. The molecule has 0 unspecified atom stereocenters. The van der Waals surface area contributed by atoms with Crippen LogP contribution in [-0.2, 0) is 0 Å². The summed E-state index contributed by atoms with van der Waals surface area (Å²) in [6.07, 6.45) is 3.72. The molecule has 0 bridgehead atoms. The van der Waals surface area contributed by atoms with Gasteiger partial charge in [-0.15, -0.1) is 0 Å². The van der Waals surface area contributed by atoms with Crippen LogP contribution in [0.25, 0.3) is 0 Å². The van der Waals surface area contributed by atoms with E-state index in [4.69, 9.17) is 0 Å². The van der Waals surface area contributed by atoms with Crippen molar-refractivity contribution in [3.63, 3.8) is 0 Å². The number of nitrogens with one attached hydrogen (secondary N) is 1. The van der Waals surface area contributed by atoms with E-state index in [0.717, 1.165) is 18.5 Å². The minimum Gasteiger partial charge on any atom is -0.378 e. The van der Waals surface area contributed by atoms with E-state index in [0.29, 0.717) is 17.4 Å². The van der Waals surface area contributed by atoms with Crippen molar-refractivity contribution in [1.82, 2.24) is 15.3 Å². The lowest BCUT2D eigenvalue weighted by molar-refractivity contribution is 0.0925. The number of benzene rings is 1. The average molecular weight is 328 g/mol. The summed E-state index contributed by atoms with van der Waals surface area (Å²) in [4.78, 5) is 23.0. The van der Waals surface area contributed by atoms with E-state index >= 15 is 0 Å². The minimum atomic E-state index is -0.529. The lowest BCUT2D eigenvalue weighted by atomic mass is 10.1. The summed E-state index contributed by atoms with van der Waals surface area (Å²) in [5.41, 5.74) is 1.60. The lowest BCUT2D eigenvalue weighted by Crippen LogP contribution is -2.32. The SMILES string of the molecule is Cc1ccnc([C@H](NC(=O)c2ccc(N(C)C)cc2F)C2CC2)n1. The van der Waals surface area contributed by atoms with Crippen LogP contribution in [0.2, 0.25) is 0 Å². The second kappa shape index (κ2) is 6.55. The number of nitrogens with zero attached hydrogens (tertiary/aromatic N) is 3. The van der Waals surface area contributed by atoms with Crippen LogP contribution >= 0.6 is 0 Å². The summed E-state index contributed by atoms with van der Waals surface area (Å²) in [6, 6.07) is 6.15. The molecule has 1 N–H and O–H groups in total. The number of anilines is 1. The smallest absolute Gasteiger partial charge is 0.254 e. The van der Waals surface area contributed by atoms with Gasteiger partial charge in [-0.05, 0) is 49.9 Å². The number of carbonyl (C=O) groups excluding carboxylic acids is 1. The van der Waals surface area contributed by atoms with Crippen LogP contribution in [-0.4, -0.2) is 30.0 Å². The highest BCUT2D eigenvalue weighted by Crippen LogP contribution is 2.40. The third kappa shape index (κ3) is 3.53. The predicted molar refractivity (Wildman–Crippen MR) is 90.4 cm³/mol. The van der Waals surface area contributed by atoms with Crippen molar-refractivity contribution in [3.05, 3.63) is 53.4 Å². The Kier molecular flexibility index (Phi) is 4.46. The number of hydrogen-bond donors (Lipinski definition) is 1. The molecule has 0 spiro atoms. The highest BCUT2D eigenvalue weighted by molar-refractivity contribution is 5.95. The lowest BCUT2D eigenvalue weighted by Gasteiger charge is -2.18. The molecule has 1 aromatic heterocycles. The maximum Gasteiger partial charge on any atom is 0.254 e. The van der Waals surface area contributed by atoms with E-state index in [1.807, 2.05) is 27.1 Å². The van der Waals surface area contributed by atoms with Gasteiger partial charge >= 0.3 is 0 Å². The molecule has 1 amide bonds. The molecule has 126 valence electrons. The summed E-state index contributed by atoms with van der Waals surface area (Å²) < 4.78 is 14.3. The van der Waals surface area contributed by atoms with E-state index in [1.54, 1.807) is 17.2 Å². The zero-order valence-corrected chi connectivity index (χ0v) is 14.1. The van der Waals surface area contributed by atoms with Gasteiger partial charge in [-0.3, -0.25) is 4.79 Å². The van der Waals surface area contributed by atoms with Gasteiger partial charge in [0.25, 0.3) is 5.91 Å². The number of hydrogen-bond acceptors (Lipinski definition) is 4. The van der Waals surface area contributed by atoms with Gasteiger partial charge in [0, 0.05) is 31.7 Å². The topological polar surface area (TPSA) is 58.1 Å². The molecule has 1 heterocycles. The Morgan fingerprint density at radius 2 is 2.08 bits per heavy atom. The summed E-state index contributed by atoms with van der Waals surface area (Å²) in [5.74, 6) is -0.0470. The molecule has 1 fully saturated rings. The highest BCUT2D eigenvalue weighted by Gasteiger charge is 2.35. The molecule has 5 nitrogen and oxygen atoms in total. The highest BCUT2D eigenvalue weighted by atomic mass is 19.1. The van der Waals surface area contributed by atoms with Crippen molar-refractivity contribution in [2.75, 3.05) is 19.0 Å². The summed E-state index contributed by atoms with van der Waals surface area (Å²) in [7, 11) is 3.65. The second-order valence-electron chi connectivity index (χ2n) is 6.40. The van der Waals surface area contributed by atoms with Crippen molar-refractivity contribution in [2.24, 2.45) is 5.92 Å². The molecule has 24 heavy (non-hydrogen) atoms. The fraction of sp³-hybridized carbons (Fsp3) is 0.389. The first-order valence-corrected chi connectivity index (χ1v) is 8.03. The third-order valence-corrected chi connectivity index (χ3v) is 4.19. The molecular formula is C18H21FN4O. The van der Waals surface area contributed by atoms with Crippen LogP contribution in [0, 0.1) is 18.7 Å². The Hall–Kier alpha value is -2.50. The Bertz CT molecular complexity index is 758. The minimum absolute atomic E-state index is 0.0407. The van der Waals surface area contributed by atoms with Gasteiger partial charge in [0.1, 0.15) is 5.82 Å². The molecular weight excluding hydrogens is 307 g/mol. The zero-order valence-electron chi connectivity index (χ0n) is 14.1. The quantitative estimate of drug-likeness (QED) is 0.917. The summed E-state index contributed by atoms with van der Waals surface area (Å²) in [6.45, 7) is 1.89. The van der Waals surface area contributed by atoms with E-state index in [1.165, 1.54) is 12.1 Å². The average Bonchev–Trinajstić information content (AvgIpc) is 3.36. The fourth-order valence-corrected chi connectivity index (χ4v) is 2.63. The fourth-order valence-electron chi connectivity index (χ4n) is 2.63. The maximum absolute atomic E-state index is 14.3. The molecule has 1 aromatic carbocycles. The monoisotopic (exact) mass is 328 g/mol. The molecule has 0 radical (unpaired) electrons. The largest absolute Gasteiger partial charge is 0.378 e. The number of aromatic nitrogens is 2. The molecule has 3 rings (SSSR count). The molecule has 1 aliphatic carbocycles. The van der Waals surface area contributed by atoms with Crippen molar-refractivity contribution >= 4 is 11.6 Å². The van der Waals surface area contributed by atoms with Gasteiger partial charge in [0.2, 0.25) is 0 Å². The molecule has 6 heteroatoms. The zero-order chi connectivity index (χ0) is 17.3. The van der Waals surface area contributed by atoms with Crippen molar-refractivity contribution in [1.29, 1.82) is 0 Å². The Morgan fingerprint density at radius 1 is 1.33 bits per heavy atom. The Labute approximate surface area is 140 Å². The molecule has 0 aliphatic heterocycles. The van der Waals surface area contributed by atoms with Gasteiger partial charge in [-0.25, -0.2) is 14.4 Å². The predicted octanol–water partition coefficient (Wildman–Crippen LogP) is 2.87. The van der Waals surface area contributed by atoms with Crippen LogP contribution in [0.15, 0.2) is 30.5 Å². The molecule has 0 saturated heterocycles. The van der Waals surface area contributed by atoms with Crippen molar-refractivity contribution < 1.29 is 9.18 Å². The number of carbonyl (C=O) groups is 1. The molecule has 1 aliphatic rings. The first-order valence-electron chi connectivity index (χ1n) is 8.03. The molecule has 1 atom stereocenters. The van der Waals surface area contributed by atoms with Gasteiger partial charge in [-0.2, -0.15) is 0 Å². The van der Waals surface area contributed by atoms with Crippen LogP contribution in [0.4, 0.5) is 10.1 Å². The molecule has 2 aromatic rings. The maximum atomic E-state index is 14.3. The van der Waals surface area contributed by atoms with E-state index < -0.39 is 11.7 Å². The normalized spacial score (nSPS) is 15.0. The third-order valence-electron chi connectivity index (χ3n) is 4.19. The van der Waals surface area contributed by atoms with Crippen LogP contribution < -0.4 is 10.2 Å². The number of halogens is 1. The Balaban J connectivity index is 1.82. The number of aryl methyl sites for hydroxylation is 1. The van der Waals surface area contributed by atoms with Crippen LogP contribution in [0.3, 0.4) is 0 Å². The van der Waals surface area contributed by atoms with Crippen molar-refractivity contribution in [2.45, 2.75) is 25.8 Å².